The summed E-state index contributed by atoms with van der Waals surface area (Å²) >= 11 is 0. The maximum atomic E-state index is 13.5. The summed E-state index contributed by atoms with van der Waals surface area (Å²) in [5.74, 6) is -0.467. The number of hydrogen-bond donors (Lipinski definition) is 0. The van der Waals surface area contributed by atoms with Crippen LogP contribution in [0.3, 0.4) is 0 Å². The van der Waals surface area contributed by atoms with Crippen molar-refractivity contribution in [3.63, 3.8) is 0 Å². The molecule has 2 amide bonds. The quantitative estimate of drug-likeness (QED) is 0.0995. The van der Waals surface area contributed by atoms with Gasteiger partial charge in [0.2, 0.25) is 11.8 Å². The molecule has 4 fully saturated rings. The van der Waals surface area contributed by atoms with Crippen LogP contribution in [-0.4, -0.2) is 117 Å². The number of hydrogen-bond acceptors (Lipinski definition) is 10. The third-order valence-corrected chi connectivity index (χ3v) is 11.8. The topological polar surface area (TPSA) is 118 Å². The summed E-state index contributed by atoms with van der Waals surface area (Å²) in [5.41, 5.74) is -2.34. The normalized spacial score (nSPS) is 23.8. The van der Waals surface area contributed by atoms with Gasteiger partial charge in [-0.3, -0.25) is 28.9 Å². The number of carbonyl (C=O) groups excluding carboxylic acids is 4. The zero-order valence-electron chi connectivity index (χ0n) is 35.2. The molecular weight excluding hydrogens is 688 g/mol. The fourth-order valence-electron chi connectivity index (χ4n) is 9.15. The molecule has 54 heavy (non-hydrogen) atoms. The molecule has 0 spiro atoms. The summed E-state index contributed by atoms with van der Waals surface area (Å²) in [5, 5.41) is 3.85. The average molecular weight is 763 g/mol. The summed E-state index contributed by atoms with van der Waals surface area (Å²) in [6, 6.07) is 0. The second-order valence-electron chi connectivity index (χ2n) is 18.6. The van der Waals surface area contributed by atoms with Gasteiger partial charge in [-0.05, 0) is 93.9 Å². The monoisotopic (exact) mass is 763 g/mol. The molecule has 2 heterocycles. The highest BCUT2D eigenvalue weighted by Gasteiger charge is 2.53. The van der Waals surface area contributed by atoms with Crippen LogP contribution in [0.4, 0.5) is 0 Å². The first kappa shape index (κ1) is 44.4. The molecule has 0 radical (unpaired) electrons. The van der Waals surface area contributed by atoms with E-state index in [-0.39, 0.29) is 60.3 Å². The van der Waals surface area contributed by atoms with Gasteiger partial charge in [0.25, 0.3) is 0 Å². The molecule has 0 aromatic rings. The van der Waals surface area contributed by atoms with E-state index in [2.05, 4.69) is 27.7 Å². The van der Waals surface area contributed by atoms with Crippen LogP contribution in [0.15, 0.2) is 0 Å². The minimum Gasteiger partial charge on any atom is -0.464 e. The molecule has 4 aliphatic rings. The lowest BCUT2D eigenvalue weighted by molar-refractivity contribution is -0.304. The van der Waals surface area contributed by atoms with Crippen molar-refractivity contribution in [2.75, 3.05) is 39.4 Å². The van der Waals surface area contributed by atoms with Crippen molar-refractivity contribution in [3.05, 3.63) is 0 Å². The molecule has 0 N–H and O–H groups in total. The lowest BCUT2D eigenvalue weighted by atomic mass is 9.89. The van der Waals surface area contributed by atoms with Gasteiger partial charge in [0.1, 0.15) is 24.3 Å². The van der Waals surface area contributed by atoms with Gasteiger partial charge in [-0.1, -0.05) is 64.2 Å². The van der Waals surface area contributed by atoms with E-state index in [9.17, 15) is 19.2 Å². The Morgan fingerprint density at radius 1 is 0.537 bits per heavy atom. The number of esters is 2. The molecule has 12 heteroatoms. The zero-order chi connectivity index (χ0) is 39.6. The number of rotatable bonds is 19. The molecule has 0 bridgehead atoms. The summed E-state index contributed by atoms with van der Waals surface area (Å²) in [7, 11) is 0. The Balaban J connectivity index is 1.02. The smallest absolute Gasteiger partial charge is 0.305 e. The van der Waals surface area contributed by atoms with E-state index in [0.29, 0.717) is 39.0 Å². The molecule has 4 rings (SSSR count). The van der Waals surface area contributed by atoms with Crippen LogP contribution in [0, 0.1) is 0 Å². The van der Waals surface area contributed by atoms with Crippen LogP contribution in [0.2, 0.25) is 0 Å². The Labute approximate surface area is 326 Å². The first-order valence-corrected chi connectivity index (χ1v) is 21.3. The molecule has 2 aliphatic heterocycles. The van der Waals surface area contributed by atoms with Crippen molar-refractivity contribution in [1.29, 1.82) is 0 Å². The van der Waals surface area contributed by atoms with Crippen molar-refractivity contribution < 1.29 is 38.3 Å². The predicted octanol–water partition coefficient (Wildman–Crippen LogP) is 7.13. The highest BCUT2D eigenvalue weighted by atomic mass is 16.7. The number of carbonyl (C=O) groups is 4. The van der Waals surface area contributed by atoms with E-state index in [4.69, 9.17) is 19.1 Å². The maximum Gasteiger partial charge on any atom is 0.305 e. The standard InChI is InChI=1S/C42H74N4O8/c1-39(2)31-43(37(49)41(5,6)45(39)53-33-21-15-13-16-22-33)27-29-51-35(47)25-19-11-9-10-12-20-26-36(48)52-30-28-44-32-40(3,4)46(42(7,8)38(44)50)54-34-23-17-14-18-24-34/h33-34H,9-32H2,1-8H3. The number of hydroxylamine groups is 4. The van der Waals surface area contributed by atoms with E-state index >= 15 is 0 Å². The van der Waals surface area contributed by atoms with Crippen molar-refractivity contribution in [1.82, 2.24) is 19.9 Å². The van der Waals surface area contributed by atoms with Crippen LogP contribution in [0.5, 0.6) is 0 Å². The minimum absolute atomic E-state index is 0.00347. The van der Waals surface area contributed by atoms with Gasteiger partial charge in [0, 0.05) is 25.9 Å². The van der Waals surface area contributed by atoms with Gasteiger partial charge in [-0.2, -0.15) is 10.1 Å². The van der Waals surface area contributed by atoms with E-state index in [1.807, 2.05) is 47.6 Å². The fraction of sp³-hybridized carbons (Fsp3) is 0.905. The Kier molecular flexibility index (Phi) is 16.2. The second-order valence-corrected chi connectivity index (χ2v) is 18.6. The van der Waals surface area contributed by atoms with Crippen molar-refractivity contribution >= 4 is 23.8 Å². The van der Waals surface area contributed by atoms with E-state index in [1.54, 1.807) is 0 Å². The zero-order valence-corrected chi connectivity index (χ0v) is 35.2. The van der Waals surface area contributed by atoms with Gasteiger partial charge in [0.05, 0.1) is 36.4 Å². The van der Waals surface area contributed by atoms with Gasteiger partial charge in [-0.15, -0.1) is 0 Å². The predicted molar refractivity (Wildman–Crippen MR) is 208 cm³/mol. The Hall–Kier alpha value is -2.28. The average Bonchev–Trinajstić information content (AvgIpc) is 3.12. The lowest BCUT2D eigenvalue weighted by Crippen LogP contribution is -2.71. The first-order valence-electron chi connectivity index (χ1n) is 21.3. The number of ether oxygens (including phenoxy) is 2. The largest absolute Gasteiger partial charge is 0.464 e. The molecule has 0 unspecified atom stereocenters. The van der Waals surface area contributed by atoms with Crippen LogP contribution in [-0.2, 0) is 38.3 Å². The summed E-state index contributed by atoms with van der Waals surface area (Å²) in [6.45, 7) is 18.3. The molecule has 0 aromatic carbocycles. The van der Waals surface area contributed by atoms with Crippen molar-refractivity contribution in [2.45, 2.75) is 205 Å². The van der Waals surface area contributed by atoms with Gasteiger partial charge in [-0.25, -0.2) is 0 Å². The van der Waals surface area contributed by atoms with Gasteiger partial charge in [0.15, 0.2) is 0 Å². The van der Waals surface area contributed by atoms with Crippen LogP contribution in [0.1, 0.15) is 171 Å². The van der Waals surface area contributed by atoms with E-state index in [0.717, 1.165) is 64.2 Å². The number of amides is 2. The molecule has 310 valence electrons. The van der Waals surface area contributed by atoms with Crippen molar-refractivity contribution in [2.24, 2.45) is 0 Å². The summed E-state index contributed by atoms with van der Waals surface area (Å²) in [4.78, 5) is 68.3. The van der Waals surface area contributed by atoms with Crippen LogP contribution < -0.4 is 0 Å². The summed E-state index contributed by atoms with van der Waals surface area (Å²) < 4.78 is 11.0. The Bertz CT molecular complexity index is 1150. The first-order chi connectivity index (χ1) is 25.4. The Morgan fingerprint density at radius 3 is 1.22 bits per heavy atom. The van der Waals surface area contributed by atoms with Gasteiger partial charge < -0.3 is 19.3 Å². The molecular formula is C42H74N4O8. The SMILES string of the molecule is CC1(C)CN(CCOC(=O)CCCCCCCCC(=O)OCCN2CC(C)(C)N(OC3CCCCC3)C(C)(C)C2=O)C(=O)C(C)(C)N1OC1CCCCC1. The molecule has 12 nitrogen and oxygen atoms in total. The fourth-order valence-corrected chi connectivity index (χ4v) is 9.15. The van der Waals surface area contributed by atoms with E-state index in [1.165, 1.54) is 38.5 Å². The van der Waals surface area contributed by atoms with Crippen LogP contribution >= 0.6 is 0 Å². The summed E-state index contributed by atoms with van der Waals surface area (Å²) in [6.07, 6.45) is 17.7. The highest BCUT2D eigenvalue weighted by molar-refractivity contribution is 5.87. The van der Waals surface area contributed by atoms with E-state index < -0.39 is 11.1 Å². The number of nitrogens with zero attached hydrogens (tertiary/aromatic N) is 4. The molecule has 2 saturated carbocycles. The third kappa shape index (κ3) is 12.1. The van der Waals surface area contributed by atoms with Gasteiger partial charge >= 0.3 is 11.9 Å². The Morgan fingerprint density at radius 2 is 0.870 bits per heavy atom. The minimum atomic E-state index is -0.805. The molecule has 0 atom stereocenters. The second kappa shape index (κ2) is 19.7. The third-order valence-electron chi connectivity index (χ3n) is 11.8. The highest BCUT2D eigenvalue weighted by Crippen LogP contribution is 2.37. The molecule has 0 aromatic heterocycles. The molecule has 2 aliphatic carbocycles. The van der Waals surface area contributed by atoms with Crippen LogP contribution in [0.25, 0.3) is 0 Å². The number of piperazine rings is 2. The molecule has 2 saturated heterocycles. The van der Waals surface area contributed by atoms with Crippen molar-refractivity contribution in [3.8, 4) is 0 Å². The lowest BCUT2D eigenvalue weighted by Gasteiger charge is -2.54. The maximum absolute atomic E-state index is 13.5. The number of unbranched alkanes of at least 4 members (excludes halogenated alkanes) is 5.